The van der Waals surface area contributed by atoms with Crippen molar-refractivity contribution in [2.24, 2.45) is 0 Å². The Labute approximate surface area is 204 Å². The number of oxazole rings is 1. The average Bonchev–Trinajstić information content (AvgIpc) is 3.58. The fourth-order valence-electron chi connectivity index (χ4n) is 4.22. The summed E-state index contributed by atoms with van der Waals surface area (Å²) in [7, 11) is 0. The lowest BCUT2D eigenvalue weighted by molar-refractivity contribution is -0.677. The number of nitrogens with zero attached hydrogens (tertiary/aromatic N) is 4. The van der Waals surface area contributed by atoms with E-state index in [4.69, 9.17) is 8.94 Å². The van der Waals surface area contributed by atoms with E-state index in [1.807, 2.05) is 42.5 Å². The number of rotatable bonds is 6. The van der Waals surface area contributed by atoms with Crippen molar-refractivity contribution in [2.75, 3.05) is 4.90 Å². The zero-order chi connectivity index (χ0) is 24.6. The number of carbonyl (C=O) groups is 2. The molecule has 0 radical (unpaired) electrons. The summed E-state index contributed by atoms with van der Waals surface area (Å²) in [5.74, 6) is -0.898. The molecule has 0 saturated carbocycles. The van der Waals surface area contributed by atoms with Gasteiger partial charge in [0, 0.05) is 17.7 Å². The van der Waals surface area contributed by atoms with E-state index >= 15 is 0 Å². The summed E-state index contributed by atoms with van der Waals surface area (Å²) in [6.45, 7) is 0.00537. The average molecular weight is 481 g/mol. The summed E-state index contributed by atoms with van der Waals surface area (Å²) in [6, 6.07) is 22.6. The zero-order valence-electron chi connectivity index (χ0n) is 18.8. The van der Waals surface area contributed by atoms with Gasteiger partial charge in [-0.1, -0.05) is 30.3 Å². The van der Waals surface area contributed by atoms with Crippen molar-refractivity contribution in [3.63, 3.8) is 0 Å². The minimum atomic E-state index is -0.785. The first-order chi connectivity index (χ1) is 17.6. The van der Waals surface area contributed by atoms with E-state index in [-0.39, 0.29) is 24.6 Å². The monoisotopic (exact) mass is 481 g/mol. The Bertz CT molecular complexity index is 1540. The van der Waals surface area contributed by atoms with E-state index in [2.05, 4.69) is 15.6 Å². The molecule has 0 spiro atoms. The van der Waals surface area contributed by atoms with Gasteiger partial charge in [-0.05, 0) is 41.1 Å². The van der Waals surface area contributed by atoms with Gasteiger partial charge >= 0.3 is 0 Å². The van der Waals surface area contributed by atoms with Gasteiger partial charge in [0.05, 0.1) is 30.0 Å². The number of hydrogen-bond donors (Lipinski definition) is 1. The summed E-state index contributed by atoms with van der Waals surface area (Å²) in [6.07, 6.45) is -0.0312. The van der Waals surface area contributed by atoms with Crippen molar-refractivity contribution < 1.29 is 28.3 Å². The Morgan fingerprint density at radius 1 is 1.00 bits per heavy atom. The van der Waals surface area contributed by atoms with Gasteiger partial charge in [-0.3, -0.25) is 14.9 Å². The molecule has 36 heavy (non-hydrogen) atoms. The first-order valence-corrected chi connectivity index (χ1v) is 11.3. The van der Waals surface area contributed by atoms with Gasteiger partial charge in [-0.25, -0.2) is 9.88 Å². The highest BCUT2D eigenvalue weighted by Crippen LogP contribution is 2.28. The van der Waals surface area contributed by atoms with E-state index in [1.54, 1.807) is 36.4 Å². The first-order valence-electron chi connectivity index (χ1n) is 11.3. The fraction of sp³-hybridized carbons (Fsp3) is 0.115. The van der Waals surface area contributed by atoms with Crippen LogP contribution in [-0.2, 0) is 16.1 Å². The van der Waals surface area contributed by atoms with Crippen LogP contribution in [0.1, 0.15) is 12.1 Å². The number of amides is 2. The number of anilines is 1. The van der Waals surface area contributed by atoms with Gasteiger partial charge in [0.15, 0.2) is 11.5 Å². The summed E-state index contributed by atoms with van der Waals surface area (Å²) in [4.78, 5) is 31.4. The highest BCUT2D eigenvalue weighted by Gasteiger charge is 2.40. The molecule has 3 aromatic carbocycles. The van der Waals surface area contributed by atoms with E-state index < -0.39 is 17.9 Å². The van der Waals surface area contributed by atoms with Crippen molar-refractivity contribution in [2.45, 2.75) is 19.0 Å². The Hall–Kier alpha value is -4.83. The first kappa shape index (κ1) is 21.7. The largest absolute Gasteiger partial charge is 0.539 e. The second kappa shape index (κ2) is 8.75. The van der Waals surface area contributed by atoms with Gasteiger partial charge < -0.3 is 14.0 Å². The van der Waals surface area contributed by atoms with Crippen LogP contribution in [0.2, 0.25) is 0 Å². The molecule has 1 aliphatic heterocycles. The third-order valence-corrected chi connectivity index (χ3v) is 6.03. The molecule has 10 nitrogen and oxygen atoms in total. The summed E-state index contributed by atoms with van der Waals surface area (Å²) >= 11 is 0. The van der Waals surface area contributed by atoms with Gasteiger partial charge in [0.25, 0.3) is 11.6 Å². The van der Waals surface area contributed by atoms with Gasteiger partial charge in [-0.2, -0.15) is 0 Å². The molecule has 1 saturated heterocycles. The summed E-state index contributed by atoms with van der Waals surface area (Å²) < 4.78 is 12.0. The lowest BCUT2D eigenvalue weighted by Crippen LogP contribution is -2.43. The molecule has 10 heteroatoms. The lowest BCUT2D eigenvalue weighted by Gasteiger charge is -2.15. The van der Waals surface area contributed by atoms with Crippen LogP contribution in [-0.4, -0.2) is 28.1 Å². The molecule has 5 aromatic rings. The number of hydrogen-bond acceptors (Lipinski definition) is 8. The van der Waals surface area contributed by atoms with E-state index in [1.165, 1.54) is 4.68 Å². The van der Waals surface area contributed by atoms with Crippen molar-refractivity contribution >= 4 is 28.6 Å². The minimum Gasteiger partial charge on any atom is -0.539 e. The van der Waals surface area contributed by atoms with Crippen LogP contribution < -0.4 is 20.0 Å². The maximum absolute atomic E-state index is 13.1. The van der Waals surface area contributed by atoms with Gasteiger partial charge in [0.2, 0.25) is 17.5 Å². The van der Waals surface area contributed by atoms with Crippen LogP contribution in [0.25, 0.3) is 28.2 Å². The highest BCUT2D eigenvalue weighted by molar-refractivity contribution is 6.22. The number of benzene rings is 3. The normalized spacial score (nSPS) is 15.8. The molecule has 2 aromatic heterocycles. The number of imide groups is 1. The second-order valence-electron chi connectivity index (χ2n) is 8.29. The molecular formula is C26H19N5O5. The molecular weight excluding hydrogens is 462 g/mol. The minimum absolute atomic E-state index is 0.00537. The van der Waals surface area contributed by atoms with Gasteiger partial charge in [-0.15, -0.1) is 0 Å². The Kier molecular flexibility index (Phi) is 5.27. The van der Waals surface area contributed by atoms with Crippen LogP contribution in [0.15, 0.2) is 87.8 Å². The molecule has 2 amide bonds. The molecule has 1 atom stereocenters. The maximum atomic E-state index is 13.1. The predicted octanol–water partition coefficient (Wildman–Crippen LogP) is 2.25. The Morgan fingerprint density at radius 3 is 2.53 bits per heavy atom. The summed E-state index contributed by atoms with van der Waals surface area (Å²) in [5.41, 5.74) is 3.47. The third-order valence-electron chi connectivity index (χ3n) is 6.03. The molecule has 3 heterocycles. The topological polar surface area (TPSA) is 128 Å². The van der Waals surface area contributed by atoms with Crippen molar-refractivity contribution in [3.05, 3.63) is 84.6 Å². The van der Waals surface area contributed by atoms with Crippen molar-refractivity contribution in [3.8, 4) is 23.1 Å². The van der Waals surface area contributed by atoms with Crippen LogP contribution in [0.5, 0.6) is 5.95 Å². The van der Waals surface area contributed by atoms with Crippen molar-refractivity contribution in [1.82, 2.24) is 15.6 Å². The Morgan fingerprint density at radius 2 is 1.75 bits per heavy atom. The van der Waals surface area contributed by atoms with Crippen LogP contribution in [0.3, 0.4) is 0 Å². The van der Waals surface area contributed by atoms with E-state index in [9.17, 15) is 14.7 Å². The van der Waals surface area contributed by atoms with Crippen LogP contribution in [0, 0.1) is 0 Å². The number of nitrogens with one attached hydrogen (secondary N) is 1. The SMILES string of the molecule is O=C1CC(NCc2c([O-])on[n+]2-c2ccccc2)C(=O)N1c1ccc(-c2nc3ccccc3o2)cc1. The maximum Gasteiger partial charge on any atom is 0.253 e. The second-order valence-corrected chi connectivity index (χ2v) is 8.29. The molecule has 1 unspecified atom stereocenters. The molecule has 1 N–H and O–H groups in total. The zero-order valence-corrected chi connectivity index (χ0v) is 18.8. The number of para-hydroxylation sites is 3. The molecule has 178 valence electrons. The van der Waals surface area contributed by atoms with Crippen LogP contribution >= 0.6 is 0 Å². The lowest BCUT2D eigenvalue weighted by atomic mass is 10.2. The molecule has 0 aliphatic carbocycles. The summed E-state index contributed by atoms with van der Waals surface area (Å²) in [5, 5.41) is 19.0. The number of carbonyl (C=O) groups excluding carboxylic acids is 2. The van der Waals surface area contributed by atoms with Crippen LogP contribution in [0.4, 0.5) is 5.69 Å². The molecule has 1 fully saturated rings. The fourth-order valence-corrected chi connectivity index (χ4v) is 4.22. The number of aromatic nitrogens is 3. The van der Waals surface area contributed by atoms with Crippen molar-refractivity contribution in [1.29, 1.82) is 0 Å². The quantitative estimate of drug-likeness (QED) is 0.289. The molecule has 1 aliphatic rings. The number of fused-ring (bicyclic) bond motifs is 1. The van der Waals surface area contributed by atoms with E-state index in [0.717, 1.165) is 16.0 Å². The predicted molar refractivity (Wildman–Crippen MR) is 125 cm³/mol. The van der Waals surface area contributed by atoms with Gasteiger partial charge in [0.1, 0.15) is 5.52 Å². The molecule has 0 bridgehead atoms. The smallest absolute Gasteiger partial charge is 0.253 e. The Balaban J connectivity index is 1.18. The highest BCUT2D eigenvalue weighted by atomic mass is 16.6. The van der Waals surface area contributed by atoms with E-state index in [0.29, 0.717) is 22.8 Å². The third kappa shape index (κ3) is 3.79. The standard InChI is InChI=1S/C26H19N5O5/c32-23-14-20(27-15-21-26(34)36-29-31(21)18-6-2-1-3-7-18)25(33)30(23)17-12-10-16(11-13-17)24-28-19-8-4-5-9-22(19)35-24/h1-13,20,27H,14-15H2. The molecule has 6 rings (SSSR count).